The predicted octanol–water partition coefficient (Wildman–Crippen LogP) is 2.58. The summed E-state index contributed by atoms with van der Waals surface area (Å²) in [5.41, 5.74) is 1.13. The van der Waals surface area contributed by atoms with Crippen molar-refractivity contribution < 1.29 is 9.00 Å². The highest BCUT2D eigenvalue weighted by Gasteiger charge is 2.07. The Balaban J connectivity index is 2.56. The second-order valence-corrected chi connectivity index (χ2v) is 5.60. The lowest BCUT2D eigenvalue weighted by Crippen LogP contribution is -2.07. The second kappa shape index (κ2) is 5.94. The van der Waals surface area contributed by atoms with Crippen LogP contribution in [0.4, 0.5) is 0 Å². The lowest BCUT2D eigenvalue weighted by molar-refractivity contribution is -0.121. The van der Waals surface area contributed by atoms with Crippen molar-refractivity contribution in [3.05, 3.63) is 29.8 Å². The number of rotatable bonds is 5. The van der Waals surface area contributed by atoms with Crippen molar-refractivity contribution in [1.82, 2.24) is 0 Å². The minimum Gasteiger partial charge on any atom is -0.299 e. The summed E-state index contributed by atoms with van der Waals surface area (Å²) in [6.45, 7) is 3.84. The van der Waals surface area contributed by atoms with Crippen LogP contribution in [0.1, 0.15) is 25.8 Å². The predicted molar refractivity (Wildman–Crippen MR) is 66.9 cm³/mol. The molecule has 0 saturated heterocycles. The van der Waals surface area contributed by atoms with Gasteiger partial charge in [0.15, 0.2) is 0 Å². The fourth-order valence-electron chi connectivity index (χ4n) is 1.40. The van der Waals surface area contributed by atoms with E-state index in [0.29, 0.717) is 12.2 Å². The monoisotopic (exact) mass is 238 g/mol. The molecule has 0 aromatic heterocycles. The maximum absolute atomic E-state index is 11.4. The summed E-state index contributed by atoms with van der Waals surface area (Å²) in [6.07, 6.45) is 3.02. The standard InChI is InChI=1S/C13H18O2S/c1-10(2)13(14)9-6-11-4-7-12(8-5-11)16(3)15/h4-5,7-8,10H,6,9H2,1-3H3. The van der Waals surface area contributed by atoms with E-state index < -0.39 is 10.8 Å². The van der Waals surface area contributed by atoms with Gasteiger partial charge in [-0.1, -0.05) is 26.0 Å². The Labute approximate surface area is 99.5 Å². The van der Waals surface area contributed by atoms with Crippen LogP contribution in [0.5, 0.6) is 0 Å². The molecule has 0 N–H and O–H groups in total. The van der Waals surface area contributed by atoms with Crippen molar-refractivity contribution >= 4 is 16.6 Å². The van der Waals surface area contributed by atoms with E-state index in [1.807, 2.05) is 38.1 Å². The smallest absolute Gasteiger partial charge is 0.135 e. The van der Waals surface area contributed by atoms with Crippen molar-refractivity contribution in [2.75, 3.05) is 6.26 Å². The molecule has 16 heavy (non-hydrogen) atoms. The molecule has 0 spiro atoms. The molecule has 1 rings (SSSR count). The molecule has 0 bridgehead atoms. The lowest BCUT2D eigenvalue weighted by atomic mass is 10.0. The lowest BCUT2D eigenvalue weighted by Gasteiger charge is -2.04. The average molecular weight is 238 g/mol. The summed E-state index contributed by atoms with van der Waals surface area (Å²) in [4.78, 5) is 12.3. The Kier molecular flexibility index (Phi) is 4.87. The molecule has 0 aliphatic heterocycles. The largest absolute Gasteiger partial charge is 0.299 e. The van der Waals surface area contributed by atoms with Gasteiger partial charge in [0.1, 0.15) is 5.78 Å². The highest BCUT2D eigenvalue weighted by molar-refractivity contribution is 7.84. The molecule has 0 fully saturated rings. The Bertz CT molecular complexity index is 379. The number of carbonyl (C=O) groups is 1. The van der Waals surface area contributed by atoms with E-state index in [1.165, 1.54) is 0 Å². The van der Waals surface area contributed by atoms with Gasteiger partial charge in [0.05, 0.1) is 0 Å². The minimum absolute atomic E-state index is 0.113. The fourth-order valence-corrected chi connectivity index (χ4v) is 1.92. The first-order valence-corrected chi connectivity index (χ1v) is 7.01. The quantitative estimate of drug-likeness (QED) is 0.790. The maximum atomic E-state index is 11.4. The van der Waals surface area contributed by atoms with Gasteiger partial charge in [0, 0.05) is 34.3 Å². The van der Waals surface area contributed by atoms with Crippen LogP contribution in [0.3, 0.4) is 0 Å². The number of benzene rings is 1. The van der Waals surface area contributed by atoms with Crippen LogP contribution < -0.4 is 0 Å². The summed E-state index contributed by atoms with van der Waals surface area (Å²) in [5, 5.41) is 0. The first kappa shape index (κ1) is 13.1. The Hall–Kier alpha value is -0.960. The summed E-state index contributed by atoms with van der Waals surface area (Å²) in [5.74, 6) is 0.408. The van der Waals surface area contributed by atoms with Crippen molar-refractivity contribution in [2.24, 2.45) is 5.92 Å². The van der Waals surface area contributed by atoms with Gasteiger partial charge in [-0.15, -0.1) is 0 Å². The molecule has 0 saturated carbocycles. The van der Waals surface area contributed by atoms with Crippen LogP contribution in [0.2, 0.25) is 0 Å². The van der Waals surface area contributed by atoms with Crippen LogP contribution in [0, 0.1) is 5.92 Å². The number of hydrogen-bond acceptors (Lipinski definition) is 2. The van der Waals surface area contributed by atoms with E-state index in [2.05, 4.69) is 0 Å². The molecular formula is C13H18O2S. The number of aryl methyl sites for hydroxylation is 1. The van der Waals surface area contributed by atoms with E-state index in [-0.39, 0.29) is 5.92 Å². The van der Waals surface area contributed by atoms with E-state index in [4.69, 9.17) is 0 Å². The maximum Gasteiger partial charge on any atom is 0.135 e. The highest BCUT2D eigenvalue weighted by Crippen LogP contribution is 2.10. The molecule has 1 aromatic rings. The van der Waals surface area contributed by atoms with Gasteiger partial charge in [-0.05, 0) is 24.1 Å². The molecule has 1 unspecified atom stereocenters. The zero-order chi connectivity index (χ0) is 12.1. The molecule has 0 aliphatic carbocycles. The van der Waals surface area contributed by atoms with Gasteiger partial charge in [-0.25, -0.2) is 0 Å². The number of carbonyl (C=O) groups excluding carboxylic acids is 1. The molecule has 3 heteroatoms. The van der Waals surface area contributed by atoms with Gasteiger partial charge in [-0.2, -0.15) is 0 Å². The van der Waals surface area contributed by atoms with Crippen LogP contribution in [-0.4, -0.2) is 16.2 Å². The van der Waals surface area contributed by atoms with Gasteiger partial charge >= 0.3 is 0 Å². The molecule has 2 nitrogen and oxygen atoms in total. The first-order chi connectivity index (χ1) is 7.50. The van der Waals surface area contributed by atoms with E-state index >= 15 is 0 Å². The SMILES string of the molecule is CC(C)C(=O)CCc1ccc(S(C)=O)cc1. The molecular weight excluding hydrogens is 220 g/mol. The van der Waals surface area contributed by atoms with E-state index in [1.54, 1.807) is 6.26 Å². The van der Waals surface area contributed by atoms with Crippen molar-refractivity contribution in [3.63, 3.8) is 0 Å². The molecule has 0 heterocycles. The topological polar surface area (TPSA) is 34.1 Å². The molecule has 0 amide bonds. The summed E-state index contributed by atoms with van der Waals surface area (Å²) >= 11 is 0. The van der Waals surface area contributed by atoms with Crippen LogP contribution in [0.25, 0.3) is 0 Å². The molecule has 1 aromatic carbocycles. The molecule has 0 aliphatic rings. The van der Waals surface area contributed by atoms with E-state index in [9.17, 15) is 9.00 Å². The fraction of sp³-hybridized carbons (Fsp3) is 0.462. The van der Waals surface area contributed by atoms with Gasteiger partial charge in [0.25, 0.3) is 0 Å². The second-order valence-electron chi connectivity index (χ2n) is 4.22. The van der Waals surface area contributed by atoms with Crippen molar-refractivity contribution in [3.8, 4) is 0 Å². The Morgan fingerprint density at radius 2 is 1.81 bits per heavy atom. The van der Waals surface area contributed by atoms with Crippen LogP contribution >= 0.6 is 0 Å². The van der Waals surface area contributed by atoms with Crippen molar-refractivity contribution in [1.29, 1.82) is 0 Å². The number of Topliss-reactive ketones (excluding diaryl/α,β-unsaturated/α-hetero) is 1. The van der Waals surface area contributed by atoms with Gasteiger partial charge < -0.3 is 0 Å². The minimum atomic E-state index is -0.924. The molecule has 88 valence electrons. The van der Waals surface area contributed by atoms with Crippen LogP contribution in [-0.2, 0) is 22.0 Å². The van der Waals surface area contributed by atoms with Gasteiger partial charge in [-0.3, -0.25) is 9.00 Å². The summed E-state index contributed by atoms with van der Waals surface area (Å²) in [7, 11) is -0.924. The van der Waals surface area contributed by atoms with Crippen molar-refractivity contribution in [2.45, 2.75) is 31.6 Å². The Morgan fingerprint density at radius 1 is 1.25 bits per heavy atom. The zero-order valence-corrected chi connectivity index (χ0v) is 10.8. The average Bonchev–Trinajstić information content (AvgIpc) is 2.26. The van der Waals surface area contributed by atoms with Gasteiger partial charge in [0.2, 0.25) is 0 Å². The third-order valence-corrected chi connectivity index (χ3v) is 3.50. The summed E-state index contributed by atoms with van der Waals surface area (Å²) in [6, 6.07) is 7.63. The normalized spacial score (nSPS) is 12.8. The highest BCUT2D eigenvalue weighted by atomic mass is 32.2. The summed E-state index contributed by atoms with van der Waals surface area (Å²) < 4.78 is 11.2. The zero-order valence-electron chi connectivity index (χ0n) is 10.0. The Morgan fingerprint density at radius 3 is 2.25 bits per heavy atom. The number of hydrogen-bond donors (Lipinski definition) is 0. The van der Waals surface area contributed by atoms with Crippen LogP contribution in [0.15, 0.2) is 29.2 Å². The molecule has 0 radical (unpaired) electrons. The molecule has 1 atom stereocenters. The number of ketones is 1. The first-order valence-electron chi connectivity index (χ1n) is 5.46. The third-order valence-electron chi connectivity index (χ3n) is 2.56. The van der Waals surface area contributed by atoms with E-state index in [0.717, 1.165) is 16.9 Å². The third kappa shape index (κ3) is 3.89.